The first-order valence-electron chi connectivity index (χ1n) is 7.89. The van der Waals surface area contributed by atoms with Crippen molar-refractivity contribution in [3.63, 3.8) is 0 Å². The first-order chi connectivity index (χ1) is 9.95. The highest BCUT2D eigenvalue weighted by molar-refractivity contribution is 7.91. The van der Waals surface area contributed by atoms with Crippen molar-refractivity contribution >= 4 is 9.84 Å². The summed E-state index contributed by atoms with van der Waals surface area (Å²) >= 11 is 0. The van der Waals surface area contributed by atoms with E-state index in [4.69, 9.17) is 0 Å². The van der Waals surface area contributed by atoms with Crippen molar-refractivity contribution in [2.24, 2.45) is 11.8 Å². The molecule has 5 nitrogen and oxygen atoms in total. The summed E-state index contributed by atoms with van der Waals surface area (Å²) in [5.74, 6) is 1.34. The van der Waals surface area contributed by atoms with E-state index in [1.54, 1.807) is 0 Å². The standard InChI is InChI=1S/C15H27N3O2S/c1-4-16-10-14(13-6-7-21(19,20)11-13)9-15-8-12(3)17-18(15)5-2/h8,13-14,16H,4-7,9-11H2,1-3H3. The van der Waals surface area contributed by atoms with Crippen LogP contribution in [0.15, 0.2) is 6.07 Å². The molecule has 21 heavy (non-hydrogen) atoms. The van der Waals surface area contributed by atoms with Gasteiger partial charge in [-0.2, -0.15) is 5.10 Å². The van der Waals surface area contributed by atoms with E-state index >= 15 is 0 Å². The van der Waals surface area contributed by atoms with Gasteiger partial charge in [-0.3, -0.25) is 4.68 Å². The fourth-order valence-corrected chi connectivity index (χ4v) is 5.16. The second-order valence-electron chi connectivity index (χ2n) is 6.03. The van der Waals surface area contributed by atoms with Crippen LogP contribution in [0.4, 0.5) is 0 Å². The zero-order valence-electron chi connectivity index (χ0n) is 13.3. The van der Waals surface area contributed by atoms with Crippen molar-refractivity contribution in [1.29, 1.82) is 0 Å². The van der Waals surface area contributed by atoms with Gasteiger partial charge in [0.25, 0.3) is 0 Å². The van der Waals surface area contributed by atoms with Crippen molar-refractivity contribution in [3.8, 4) is 0 Å². The molecule has 1 fully saturated rings. The highest BCUT2D eigenvalue weighted by Crippen LogP contribution is 2.28. The lowest BCUT2D eigenvalue weighted by Crippen LogP contribution is -2.31. The predicted molar refractivity (Wildman–Crippen MR) is 85.1 cm³/mol. The third kappa shape index (κ3) is 4.30. The fourth-order valence-electron chi connectivity index (χ4n) is 3.24. The summed E-state index contributed by atoms with van der Waals surface area (Å²) in [4.78, 5) is 0. The van der Waals surface area contributed by atoms with Gasteiger partial charge in [-0.1, -0.05) is 6.92 Å². The minimum absolute atomic E-state index is 0.273. The minimum Gasteiger partial charge on any atom is -0.317 e. The Bertz CT molecular complexity index is 565. The Labute approximate surface area is 128 Å². The van der Waals surface area contributed by atoms with Crippen LogP contribution >= 0.6 is 0 Å². The van der Waals surface area contributed by atoms with Gasteiger partial charge >= 0.3 is 0 Å². The average Bonchev–Trinajstić information content (AvgIpc) is 2.96. The normalized spacial score (nSPS) is 22.5. The molecule has 1 aliphatic rings. The Morgan fingerprint density at radius 2 is 2.24 bits per heavy atom. The lowest BCUT2D eigenvalue weighted by atomic mass is 9.87. The molecular weight excluding hydrogens is 286 g/mol. The fraction of sp³-hybridized carbons (Fsp3) is 0.800. The van der Waals surface area contributed by atoms with E-state index < -0.39 is 9.84 Å². The van der Waals surface area contributed by atoms with Crippen molar-refractivity contribution in [2.75, 3.05) is 24.6 Å². The Balaban J connectivity index is 2.12. The topological polar surface area (TPSA) is 64.0 Å². The SMILES string of the molecule is CCNCC(Cc1cc(C)nn1CC)C1CCS(=O)(=O)C1. The van der Waals surface area contributed by atoms with Crippen LogP contribution in [-0.2, 0) is 22.8 Å². The Hall–Kier alpha value is -0.880. The lowest BCUT2D eigenvalue weighted by Gasteiger charge is -2.23. The molecule has 0 bridgehead atoms. The van der Waals surface area contributed by atoms with Crippen LogP contribution < -0.4 is 5.32 Å². The number of hydrogen-bond acceptors (Lipinski definition) is 4. The molecule has 0 aliphatic carbocycles. The first kappa shape index (κ1) is 16.5. The molecule has 1 aromatic rings. The first-order valence-corrected chi connectivity index (χ1v) is 9.71. The van der Waals surface area contributed by atoms with Gasteiger partial charge in [-0.15, -0.1) is 0 Å². The molecule has 2 atom stereocenters. The maximum absolute atomic E-state index is 11.8. The van der Waals surface area contributed by atoms with Crippen LogP contribution in [0.1, 0.15) is 31.7 Å². The molecule has 120 valence electrons. The smallest absolute Gasteiger partial charge is 0.150 e. The van der Waals surface area contributed by atoms with Gasteiger partial charge in [0.15, 0.2) is 9.84 Å². The zero-order valence-corrected chi connectivity index (χ0v) is 14.1. The number of nitrogens with one attached hydrogen (secondary N) is 1. The van der Waals surface area contributed by atoms with E-state index in [0.29, 0.717) is 17.4 Å². The third-order valence-corrected chi connectivity index (χ3v) is 6.14. The Kier molecular flexibility index (Phi) is 5.43. The van der Waals surface area contributed by atoms with Gasteiger partial charge in [-0.05, 0) is 57.7 Å². The van der Waals surface area contributed by atoms with Crippen molar-refractivity contribution in [3.05, 3.63) is 17.5 Å². The summed E-state index contributed by atoms with van der Waals surface area (Å²) < 4.78 is 25.6. The van der Waals surface area contributed by atoms with Crippen LogP contribution in [0.5, 0.6) is 0 Å². The van der Waals surface area contributed by atoms with E-state index in [1.807, 2.05) is 11.6 Å². The third-order valence-electron chi connectivity index (χ3n) is 4.35. The molecule has 2 heterocycles. The molecule has 1 N–H and O–H groups in total. The van der Waals surface area contributed by atoms with Gasteiger partial charge in [0.1, 0.15) is 0 Å². The molecule has 1 saturated heterocycles. The van der Waals surface area contributed by atoms with Crippen molar-refractivity contribution in [2.45, 2.75) is 40.2 Å². The summed E-state index contributed by atoms with van der Waals surface area (Å²) in [7, 11) is -2.82. The molecular formula is C15H27N3O2S. The molecule has 1 aromatic heterocycles. The molecule has 0 amide bonds. The largest absolute Gasteiger partial charge is 0.317 e. The summed E-state index contributed by atoms with van der Waals surface area (Å²) in [6.07, 6.45) is 1.71. The van der Waals surface area contributed by atoms with E-state index in [0.717, 1.165) is 38.2 Å². The Morgan fingerprint density at radius 3 is 2.81 bits per heavy atom. The molecule has 0 spiro atoms. The maximum Gasteiger partial charge on any atom is 0.150 e. The van der Waals surface area contributed by atoms with Crippen LogP contribution in [0.3, 0.4) is 0 Å². The van der Waals surface area contributed by atoms with Gasteiger partial charge in [-0.25, -0.2) is 8.42 Å². The number of nitrogens with zero attached hydrogens (tertiary/aromatic N) is 2. The molecule has 6 heteroatoms. The lowest BCUT2D eigenvalue weighted by molar-refractivity contribution is 0.338. The number of sulfone groups is 1. The molecule has 2 unspecified atom stereocenters. The average molecular weight is 313 g/mol. The number of aryl methyl sites for hydroxylation is 2. The second-order valence-corrected chi connectivity index (χ2v) is 8.26. The summed E-state index contributed by atoms with van der Waals surface area (Å²) in [6, 6.07) is 2.13. The van der Waals surface area contributed by atoms with Gasteiger partial charge in [0.05, 0.1) is 17.2 Å². The number of rotatable bonds is 7. The van der Waals surface area contributed by atoms with Crippen LogP contribution in [0.2, 0.25) is 0 Å². The number of hydrogen-bond donors (Lipinski definition) is 1. The van der Waals surface area contributed by atoms with E-state index in [-0.39, 0.29) is 5.92 Å². The Morgan fingerprint density at radius 1 is 1.48 bits per heavy atom. The number of aromatic nitrogens is 2. The monoisotopic (exact) mass is 313 g/mol. The quantitative estimate of drug-likeness (QED) is 0.827. The minimum atomic E-state index is -2.82. The van der Waals surface area contributed by atoms with Crippen LogP contribution in [0, 0.1) is 18.8 Å². The molecule has 0 radical (unpaired) electrons. The zero-order chi connectivity index (χ0) is 15.5. The van der Waals surface area contributed by atoms with Crippen LogP contribution in [-0.4, -0.2) is 42.8 Å². The summed E-state index contributed by atoms with van der Waals surface area (Å²) in [6.45, 7) is 8.85. The molecule has 0 saturated carbocycles. The predicted octanol–water partition coefficient (Wildman–Crippen LogP) is 1.41. The summed E-state index contributed by atoms with van der Waals surface area (Å²) in [5, 5.41) is 7.89. The van der Waals surface area contributed by atoms with E-state index in [9.17, 15) is 8.42 Å². The van der Waals surface area contributed by atoms with Gasteiger partial charge < -0.3 is 5.32 Å². The molecule has 1 aliphatic heterocycles. The van der Waals surface area contributed by atoms with E-state index in [1.165, 1.54) is 5.69 Å². The van der Waals surface area contributed by atoms with Gasteiger partial charge in [0.2, 0.25) is 0 Å². The highest BCUT2D eigenvalue weighted by Gasteiger charge is 2.33. The van der Waals surface area contributed by atoms with E-state index in [2.05, 4.69) is 30.3 Å². The van der Waals surface area contributed by atoms with Crippen molar-refractivity contribution < 1.29 is 8.42 Å². The molecule has 2 rings (SSSR count). The maximum atomic E-state index is 11.8. The van der Waals surface area contributed by atoms with Crippen LogP contribution in [0.25, 0.3) is 0 Å². The summed E-state index contributed by atoms with van der Waals surface area (Å²) in [5.41, 5.74) is 2.26. The second kappa shape index (κ2) is 6.92. The van der Waals surface area contributed by atoms with Crippen molar-refractivity contribution in [1.82, 2.24) is 15.1 Å². The molecule has 0 aromatic carbocycles. The van der Waals surface area contributed by atoms with Gasteiger partial charge in [0, 0.05) is 12.2 Å². The highest BCUT2D eigenvalue weighted by atomic mass is 32.2.